The van der Waals surface area contributed by atoms with Crippen molar-refractivity contribution in [1.82, 2.24) is 29.3 Å². The maximum atomic E-state index is 11.4. The third kappa shape index (κ3) is 3.58. The number of pyridine rings is 1. The SMILES string of the molecule is COc1cc(C=Cc2nc3n(n2)CCCC3(O)c2ccccn2)ccc1-n1cnc(C)c1. The van der Waals surface area contributed by atoms with Crippen molar-refractivity contribution in [3.05, 3.63) is 83.7 Å². The Kier molecular flexibility index (Phi) is 5.07. The zero-order valence-corrected chi connectivity index (χ0v) is 18.0. The van der Waals surface area contributed by atoms with E-state index in [1.54, 1.807) is 24.3 Å². The molecule has 0 bridgehead atoms. The molecule has 1 aliphatic heterocycles. The summed E-state index contributed by atoms with van der Waals surface area (Å²) < 4.78 is 9.30. The van der Waals surface area contributed by atoms with E-state index in [1.165, 1.54) is 0 Å². The number of hydrogen-bond acceptors (Lipinski definition) is 6. The Morgan fingerprint density at radius 3 is 2.81 bits per heavy atom. The van der Waals surface area contributed by atoms with Crippen molar-refractivity contribution in [2.24, 2.45) is 0 Å². The van der Waals surface area contributed by atoms with E-state index in [2.05, 4.69) is 20.1 Å². The summed E-state index contributed by atoms with van der Waals surface area (Å²) in [5, 5.41) is 16.0. The molecule has 0 aliphatic carbocycles. The Labute approximate surface area is 185 Å². The zero-order chi connectivity index (χ0) is 22.1. The van der Waals surface area contributed by atoms with Gasteiger partial charge in [0.1, 0.15) is 5.75 Å². The molecule has 32 heavy (non-hydrogen) atoms. The Morgan fingerprint density at radius 1 is 1.16 bits per heavy atom. The van der Waals surface area contributed by atoms with Crippen molar-refractivity contribution >= 4 is 12.2 Å². The molecule has 0 saturated heterocycles. The van der Waals surface area contributed by atoms with Crippen LogP contribution in [-0.4, -0.2) is 41.5 Å². The monoisotopic (exact) mass is 428 g/mol. The molecule has 1 aliphatic rings. The van der Waals surface area contributed by atoms with Gasteiger partial charge in [-0.15, -0.1) is 0 Å². The highest BCUT2D eigenvalue weighted by Gasteiger charge is 2.40. The Hall–Kier alpha value is -3.78. The highest BCUT2D eigenvalue weighted by Crippen LogP contribution is 2.35. The molecule has 1 unspecified atom stereocenters. The molecule has 3 aromatic heterocycles. The first-order valence-electron chi connectivity index (χ1n) is 10.5. The van der Waals surface area contributed by atoms with Crippen LogP contribution in [-0.2, 0) is 12.1 Å². The number of aliphatic hydroxyl groups is 1. The van der Waals surface area contributed by atoms with Gasteiger partial charge in [0.05, 0.1) is 30.5 Å². The standard InChI is InChI=1S/C24H24N6O2/c1-17-15-29(16-26-17)19-9-7-18(14-20(19)32-2)8-10-22-27-23-24(31,11-5-13-30(23)28-22)21-6-3-4-12-25-21/h3-4,6-10,12,14-16,31H,5,11,13H2,1-2H3. The van der Waals surface area contributed by atoms with Gasteiger partial charge in [-0.3, -0.25) is 4.98 Å². The van der Waals surface area contributed by atoms with Crippen LogP contribution in [0.15, 0.2) is 55.1 Å². The van der Waals surface area contributed by atoms with Gasteiger partial charge in [0.2, 0.25) is 0 Å². The molecular weight excluding hydrogens is 404 g/mol. The van der Waals surface area contributed by atoms with E-state index in [0.717, 1.165) is 35.7 Å². The van der Waals surface area contributed by atoms with E-state index in [-0.39, 0.29) is 0 Å². The smallest absolute Gasteiger partial charge is 0.174 e. The molecule has 8 heteroatoms. The van der Waals surface area contributed by atoms with Crippen LogP contribution in [0.3, 0.4) is 0 Å². The summed E-state index contributed by atoms with van der Waals surface area (Å²) in [5.74, 6) is 1.82. The number of hydrogen-bond donors (Lipinski definition) is 1. The molecule has 0 fully saturated rings. The molecule has 1 atom stereocenters. The molecule has 0 amide bonds. The van der Waals surface area contributed by atoms with Crippen molar-refractivity contribution in [2.45, 2.75) is 31.9 Å². The van der Waals surface area contributed by atoms with Crippen LogP contribution in [0, 0.1) is 6.92 Å². The third-order valence-corrected chi connectivity index (χ3v) is 5.67. The number of rotatable bonds is 5. The molecule has 0 spiro atoms. The molecule has 1 N–H and O–H groups in total. The summed E-state index contributed by atoms with van der Waals surface area (Å²) in [6.07, 6.45) is 10.6. The minimum absolute atomic E-state index is 0.533. The number of benzene rings is 1. The second kappa shape index (κ2) is 8.05. The summed E-state index contributed by atoms with van der Waals surface area (Å²) in [7, 11) is 1.65. The Bertz CT molecular complexity index is 1280. The normalized spacial score (nSPS) is 18.1. The van der Waals surface area contributed by atoms with Gasteiger partial charge in [-0.05, 0) is 55.7 Å². The Morgan fingerprint density at radius 2 is 2.06 bits per heavy atom. The van der Waals surface area contributed by atoms with E-state index in [1.807, 2.05) is 66.2 Å². The third-order valence-electron chi connectivity index (χ3n) is 5.67. The summed E-state index contributed by atoms with van der Waals surface area (Å²) in [4.78, 5) is 13.3. The fourth-order valence-corrected chi connectivity index (χ4v) is 4.07. The van der Waals surface area contributed by atoms with Crippen LogP contribution in [0.1, 0.15) is 41.4 Å². The quantitative estimate of drug-likeness (QED) is 0.524. The highest BCUT2D eigenvalue weighted by molar-refractivity contribution is 5.69. The van der Waals surface area contributed by atoms with Crippen molar-refractivity contribution < 1.29 is 9.84 Å². The molecule has 4 aromatic rings. The summed E-state index contributed by atoms with van der Waals surface area (Å²) in [5.41, 5.74) is 2.18. The van der Waals surface area contributed by atoms with Gasteiger partial charge in [-0.1, -0.05) is 18.2 Å². The average molecular weight is 428 g/mol. The first kappa shape index (κ1) is 20.1. The van der Waals surface area contributed by atoms with Gasteiger partial charge in [0.15, 0.2) is 17.2 Å². The number of fused-ring (bicyclic) bond motifs is 1. The van der Waals surface area contributed by atoms with Gasteiger partial charge in [-0.25, -0.2) is 14.6 Å². The van der Waals surface area contributed by atoms with Gasteiger partial charge in [0.25, 0.3) is 0 Å². The lowest BCUT2D eigenvalue weighted by molar-refractivity contribution is 0.0354. The van der Waals surface area contributed by atoms with Crippen LogP contribution < -0.4 is 4.74 Å². The van der Waals surface area contributed by atoms with E-state index in [0.29, 0.717) is 23.8 Å². The van der Waals surface area contributed by atoms with Crippen LogP contribution in [0.2, 0.25) is 0 Å². The lowest BCUT2D eigenvalue weighted by atomic mass is 9.90. The first-order valence-corrected chi connectivity index (χ1v) is 10.5. The van der Waals surface area contributed by atoms with E-state index < -0.39 is 5.60 Å². The zero-order valence-electron chi connectivity index (χ0n) is 18.0. The van der Waals surface area contributed by atoms with Gasteiger partial charge in [-0.2, -0.15) is 5.10 Å². The fourth-order valence-electron chi connectivity index (χ4n) is 4.07. The summed E-state index contributed by atoms with van der Waals surface area (Å²) in [6, 6.07) is 11.5. The summed E-state index contributed by atoms with van der Waals surface area (Å²) in [6.45, 7) is 2.67. The molecule has 5 rings (SSSR count). The minimum atomic E-state index is -1.23. The fraction of sp³-hybridized carbons (Fsp3) is 0.250. The van der Waals surface area contributed by atoms with E-state index in [9.17, 15) is 5.11 Å². The van der Waals surface area contributed by atoms with Gasteiger partial charge >= 0.3 is 0 Å². The highest BCUT2D eigenvalue weighted by atomic mass is 16.5. The number of aryl methyl sites for hydroxylation is 2. The van der Waals surface area contributed by atoms with Crippen molar-refractivity contribution in [3.8, 4) is 11.4 Å². The number of ether oxygens (including phenoxy) is 1. The minimum Gasteiger partial charge on any atom is -0.495 e. The predicted molar refractivity (Wildman–Crippen MR) is 120 cm³/mol. The van der Waals surface area contributed by atoms with Crippen LogP contribution in [0.4, 0.5) is 0 Å². The lowest BCUT2D eigenvalue weighted by Crippen LogP contribution is -2.36. The van der Waals surface area contributed by atoms with Gasteiger partial charge < -0.3 is 14.4 Å². The topological polar surface area (TPSA) is 90.9 Å². The molecule has 8 nitrogen and oxygen atoms in total. The number of imidazole rings is 1. The maximum Gasteiger partial charge on any atom is 0.174 e. The van der Waals surface area contributed by atoms with Gasteiger partial charge in [0, 0.05) is 18.9 Å². The maximum absolute atomic E-state index is 11.4. The number of methoxy groups -OCH3 is 1. The molecule has 1 aromatic carbocycles. The number of aromatic nitrogens is 6. The number of nitrogens with zero attached hydrogens (tertiary/aromatic N) is 6. The molecule has 4 heterocycles. The molecule has 162 valence electrons. The lowest BCUT2D eigenvalue weighted by Gasteiger charge is -2.30. The largest absolute Gasteiger partial charge is 0.495 e. The predicted octanol–water partition coefficient (Wildman–Crippen LogP) is 3.38. The van der Waals surface area contributed by atoms with Crippen LogP contribution in [0.25, 0.3) is 17.8 Å². The molecule has 0 radical (unpaired) electrons. The summed E-state index contributed by atoms with van der Waals surface area (Å²) >= 11 is 0. The van der Waals surface area contributed by atoms with E-state index >= 15 is 0 Å². The van der Waals surface area contributed by atoms with Crippen molar-refractivity contribution in [1.29, 1.82) is 0 Å². The second-order valence-corrected chi connectivity index (χ2v) is 7.88. The van der Waals surface area contributed by atoms with Crippen LogP contribution in [0.5, 0.6) is 5.75 Å². The molecular formula is C24H24N6O2. The van der Waals surface area contributed by atoms with Crippen molar-refractivity contribution in [2.75, 3.05) is 7.11 Å². The van der Waals surface area contributed by atoms with Crippen molar-refractivity contribution in [3.63, 3.8) is 0 Å². The second-order valence-electron chi connectivity index (χ2n) is 7.88. The van der Waals surface area contributed by atoms with E-state index in [4.69, 9.17) is 4.74 Å². The molecule has 0 saturated carbocycles. The first-order chi connectivity index (χ1) is 15.6. The van der Waals surface area contributed by atoms with Crippen LogP contribution >= 0.6 is 0 Å². The average Bonchev–Trinajstić information content (AvgIpc) is 3.45. The Balaban J connectivity index is 1.44.